The van der Waals surface area contributed by atoms with Gasteiger partial charge in [-0.1, -0.05) is 29.1 Å². The zero-order valence-corrected chi connectivity index (χ0v) is 22.0. The van der Waals surface area contributed by atoms with Crippen molar-refractivity contribution in [3.63, 3.8) is 0 Å². The van der Waals surface area contributed by atoms with Crippen LogP contribution in [0.3, 0.4) is 0 Å². The Morgan fingerprint density at radius 2 is 1.81 bits per heavy atom. The SMILES string of the molecule is C#C[C@H](C)Nc1nc2c(c(=O)n1-c1ccc(C(=O)NC)cc1)C[C@@H](C)N(C(=O)c1ccc(Cl)c(Cl)c1)C2. The number of hydrogen-bond donors (Lipinski definition) is 2. The van der Waals surface area contributed by atoms with Gasteiger partial charge in [-0.3, -0.25) is 14.4 Å². The van der Waals surface area contributed by atoms with Crippen molar-refractivity contribution in [3.8, 4) is 18.0 Å². The predicted molar refractivity (Wildman–Crippen MR) is 145 cm³/mol. The number of benzene rings is 2. The molecule has 2 N–H and O–H groups in total. The predicted octanol–water partition coefficient (Wildman–Crippen LogP) is 3.92. The molecule has 2 heterocycles. The second-order valence-electron chi connectivity index (χ2n) is 8.77. The van der Waals surface area contributed by atoms with Gasteiger partial charge < -0.3 is 15.5 Å². The molecule has 0 saturated carbocycles. The van der Waals surface area contributed by atoms with Gasteiger partial charge in [-0.15, -0.1) is 6.42 Å². The second kappa shape index (κ2) is 10.7. The van der Waals surface area contributed by atoms with Crippen LogP contribution in [0.1, 0.15) is 45.8 Å². The molecule has 2 aromatic carbocycles. The third-order valence-electron chi connectivity index (χ3n) is 6.25. The zero-order valence-electron chi connectivity index (χ0n) is 20.5. The lowest BCUT2D eigenvalue weighted by Gasteiger charge is -2.34. The van der Waals surface area contributed by atoms with Crippen LogP contribution >= 0.6 is 23.2 Å². The largest absolute Gasteiger partial charge is 0.355 e. The van der Waals surface area contributed by atoms with E-state index in [0.29, 0.717) is 39.5 Å². The first-order valence-corrected chi connectivity index (χ1v) is 12.4. The van der Waals surface area contributed by atoms with Crippen LogP contribution in [0.5, 0.6) is 0 Å². The van der Waals surface area contributed by atoms with Gasteiger partial charge in [-0.25, -0.2) is 9.55 Å². The first-order valence-electron chi connectivity index (χ1n) is 11.6. The molecular formula is C27H25Cl2N5O3. The number of halogens is 2. The number of nitrogens with one attached hydrogen (secondary N) is 2. The van der Waals surface area contributed by atoms with E-state index in [2.05, 4.69) is 16.6 Å². The Labute approximate surface area is 224 Å². The van der Waals surface area contributed by atoms with Gasteiger partial charge in [0.25, 0.3) is 17.4 Å². The van der Waals surface area contributed by atoms with Gasteiger partial charge in [0.1, 0.15) is 0 Å². The van der Waals surface area contributed by atoms with Crippen LogP contribution in [0.4, 0.5) is 5.95 Å². The number of hydrogen-bond acceptors (Lipinski definition) is 5. The third kappa shape index (κ3) is 5.19. The minimum atomic E-state index is -0.419. The summed E-state index contributed by atoms with van der Waals surface area (Å²) in [6, 6.07) is 10.7. The Balaban J connectivity index is 1.77. The molecule has 0 unspecified atom stereocenters. The number of fused-ring (bicyclic) bond motifs is 1. The Morgan fingerprint density at radius 1 is 1.14 bits per heavy atom. The molecule has 1 aromatic heterocycles. The summed E-state index contributed by atoms with van der Waals surface area (Å²) in [6.07, 6.45) is 5.89. The molecule has 0 aliphatic carbocycles. The van der Waals surface area contributed by atoms with Crippen molar-refractivity contribution in [1.29, 1.82) is 0 Å². The number of aromatic nitrogens is 2. The number of nitrogens with zero attached hydrogens (tertiary/aromatic N) is 3. The summed E-state index contributed by atoms with van der Waals surface area (Å²) in [5.41, 5.74) is 2.12. The van der Waals surface area contributed by atoms with Gasteiger partial charge >= 0.3 is 0 Å². The van der Waals surface area contributed by atoms with Crippen LogP contribution in [0.15, 0.2) is 47.3 Å². The van der Waals surface area contributed by atoms with E-state index in [1.807, 2.05) is 6.92 Å². The topological polar surface area (TPSA) is 96.3 Å². The number of carbonyl (C=O) groups is 2. The first kappa shape index (κ1) is 26.3. The Hall–Kier alpha value is -3.80. The van der Waals surface area contributed by atoms with Gasteiger partial charge in [0.15, 0.2) is 0 Å². The first-order chi connectivity index (χ1) is 17.6. The third-order valence-corrected chi connectivity index (χ3v) is 6.99. The summed E-state index contributed by atoms with van der Waals surface area (Å²) < 4.78 is 1.45. The standard InChI is InChI=1S/C27H25Cl2N5O3/c1-5-15(2)31-27-32-23-14-33(25(36)18-8-11-21(28)22(29)13-18)16(3)12-20(23)26(37)34(27)19-9-6-17(7-10-19)24(35)30-4/h1,6-11,13,15-16H,12,14H2,2-4H3,(H,30,35)(H,31,32)/t15-,16+/m0/s1. The van der Waals surface area contributed by atoms with Crippen molar-refractivity contribution in [2.75, 3.05) is 12.4 Å². The smallest absolute Gasteiger partial charge is 0.263 e. The van der Waals surface area contributed by atoms with Crippen molar-refractivity contribution in [1.82, 2.24) is 19.8 Å². The summed E-state index contributed by atoms with van der Waals surface area (Å²) in [7, 11) is 1.55. The Morgan fingerprint density at radius 3 is 2.43 bits per heavy atom. The highest BCUT2D eigenvalue weighted by Gasteiger charge is 2.32. The number of amides is 2. The molecule has 190 valence electrons. The molecule has 0 bridgehead atoms. The molecular weight excluding hydrogens is 513 g/mol. The van der Waals surface area contributed by atoms with E-state index in [1.165, 1.54) is 10.6 Å². The molecule has 0 saturated heterocycles. The molecule has 0 spiro atoms. The van der Waals surface area contributed by atoms with E-state index in [-0.39, 0.29) is 40.9 Å². The fourth-order valence-electron chi connectivity index (χ4n) is 4.20. The molecule has 37 heavy (non-hydrogen) atoms. The van der Waals surface area contributed by atoms with Gasteiger partial charge in [0.2, 0.25) is 5.95 Å². The van der Waals surface area contributed by atoms with E-state index in [9.17, 15) is 14.4 Å². The highest BCUT2D eigenvalue weighted by atomic mass is 35.5. The summed E-state index contributed by atoms with van der Waals surface area (Å²) in [5.74, 6) is 2.36. The van der Waals surface area contributed by atoms with Crippen LogP contribution in [0, 0.1) is 12.3 Å². The Kier molecular flexibility index (Phi) is 7.58. The monoisotopic (exact) mass is 537 g/mol. The maximum atomic E-state index is 13.8. The van der Waals surface area contributed by atoms with Crippen molar-refractivity contribution >= 4 is 41.0 Å². The van der Waals surface area contributed by atoms with E-state index in [1.54, 1.807) is 55.3 Å². The summed E-state index contributed by atoms with van der Waals surface area (Å²) >= 11 is 12.1. The average Bonchev–Trinajstić information content (AvgIpc) is 2.89. The zero-order chi connectivity index (χ0) is 26.9. The minimum absolute atomic E-state index is 0.139. The summed E-state index contributed by atoms with van der Waals surface area (Å²) in [5, 5.41) is 6.32. The van der Waals surface area contributed by atoms with Crippen LogP contribution < -0.4 is 16.2 Å². The van der Waals surface area contributed by atoms with Gasteiger partial charge in [0.05, 0.1) is 34.0 Å². The van der Waals surface area contributed by atoms with E-state index in [4.69, 9.17) is 34.6 Å². The number of carbonyl (C=O) groups excluding carboxylic acids is 2. The van der Waals surface area contributed by atoms with Crippen LogP contribution in [-0.4, -0.2) is 45.4 Å². The van der Waals surface area contributed by atoms with Crippen LogP contribution in [0.2, 0.25) is 10.0 Å². The maximum absolute atomic E-state index is 13.8. The molecule has 2 atom stereocenters. The molecule has 3 aromatic rings. The lowest BCUT2D eigenvalue weighted by Crippen LogP contribution is -2.46. The van der Waals surface area contributed by atoms with Crippen molar-refractivity contribution in [2.45, 2.75) is 38.9 Å². The molecule has 0 fully saturated rings. The molecule has 1 aliphatic rings. The molecule has 0 radical (unpaired) electrons. The lowest BCUT2D eigenvalue weighted by atomic mass is 9.98. The fourth-order valence-corrected chi connectivity index (χ4v) is 4.50. The summed E-state index contributed by atoms with van der Waals surface area (Å²) in [6.45, 7) is 3.79. The number of terminal acetylenes is 1. The van der Waals surface area contributed by atoms with E-state index >= 15 is 0 Å². The summed E-state index contributed by atoms with van der Waals surface area (Å²) in [4.78, 5) is 45.4. The van der Waals surface area contributed by atoms with Gasteiger partial charge in [0, 0.05) is 29.8 Å². The molecule has 10 heteroatoms. The molecule has 8 nitrogen and oxygen atoms in total. The lowest BCUT2D eigenvalue weighted by molar-refractivity contribution is 0.0653. The van der Waals surface area contributed by atoms with Crippen LogP contribution in [0.25, 0.3) is 5.69 Å². The average molecular weight is 538 g/mol. The maximum Gasteiger partial charge on any atom is 0.263 e. The second-order valence-corrected chi connectivity index (χ2v) is 9.59. The van der Waals surface area contributed by atoms with Gasteiger partial charge in [-0.05, 0) is 62.7 Å². The van der Waals surface area contributed by atoms with Crippen LogP contribution in [-0.2, 0) is 13.0 Å². The van der Waals surface area contributed by atoms with E-state index < -0.39 is 6.04 Å². The number of rotatable bonds is 5. The highest BCUT2D eigenvalue weighted by molar-refractivity contribution is 6.42. The van der Waals surface area contributed by atoms with Crippen molar-refractivity contribution in [3.05, 3.63) is 85.2 Å². The van der Waals surface area contributed by atoms with Crippen molar-refractivity contribution < 1.29 is 9.59 Å². The highest BCUT2D eigenvalue weighted by Crippen LogP contribution is 2.27. The van der Waals surface area contributed by atoms with Crippen molar-refractivity contribution in [2.24, 2.45) is 0 Å². The fraction of sp³-hybridized carbons (Fsp3) is 0.259. The minimum Gasteiger partial charge on any atom is -0.355 e. The quantitative estimate of drug-likeness (QED) is 0.481. The van der Waals surface area contributed by atoms with Gasteiger partial charge in [-0.2, -0.15) is 0 Å². The normalized spacial score (nSPS) is 15.4. The molecule has 1 aliphatic heterocycles. The Bertz CT molecular complexity index is 1480. The molecule has 2 amide bonds. The van der Waals surface area contributed by atoms with E-state index in [0.717, 1.165) is 0 Å². The molecule has 4 rings (SSSR count). The number of anilines is 1.